The van der Waals surface area contributed by atoms with Crippen LogP contribution >= 0.6 is 0 Å². The summed E-state index contributed by atoms with van der Waals surface area (Å²) < 4.78 is 1.61. The first-order valence-electron chi connectivity index (χ1n) is 8.40. The second kappa shape index (κ2) is 7.25. The van der Waals surface area contributed by atoms with Gasteiger partial charge in [-0.15, -0.1) is 0 Å². The monoisotopic (exact) mass is 336 g/mol. The van der Waals surface area contributed by atoms with Crippen LogP contribution in [-0.2, 0) is 6.54 Å². The number of hydrogen-bond donors (Lipinski definition) is 1. The third-order valence-corrected chi connectivity index (χ3v) is 3.97. The van der Waals surface area contributed by atoms with Gasteiger partial charge in [0.1, 0.15) is 11.2 Å². The predicted octanol–water partition coefficient (Wildman–Crippen LogP) is 2.62. The Kier molecular flexibility index (Phi) is 4.88. The molecule has 0 fully saturated rings. The summed E-state index contributed by atoms with van der Waals surface area (Å²) in [6.45, 7) is 5.06. The number of aryl methyl sites for hydroxylation is 1. The molecule has 1 N–H and O–H groups in total. The number of aromatic nitrogens is 3. The molecule has 0 spiro atoms. The fourth-order valence-electron chi connectivity index (χ4n) is 2.68. The average molecular weight is 336 g/mol. The molecule has 3 rings (SSSR count). The maximum absolute atomic E-state index is 12.8. The van der Waals surface area contributed by atoms with Crippen LogP contribution in [0.4, 0.5) is 0 Å². The van der Waals surface area contributed by atoms with Crippen molar-refractivity contribution in [3.05, 3.63) is 58.5 Å². The molecule has 0 bridgehead atoms. The van der Waals surface area contributed by atoms with E-state index in [0.717, 1.165) is 6.42 Å². The summed E-state index contributed by atoms with van der Waals surface area (Å²) in [4.78, 5) is 33.5. The van der Waals surface area contributed by atoms with Crippen LogP contribution in [0.5, 0.6) is 0 Å². The number of carbonyl (C=O) groups is 1. The normalized spacial score (nSPS) is 10.8. The summed E-state index contributed by atoms with van der Waals surface area (Å²) in [5.41, 5.74) is 2.68. The molecular weight excluding hydrogens is 316 g/mol. The van der Waals surface area contributed by atoms with Crippen LogP contribution < -0.4 is 10.9 Å². The quantitative estimate of drug-likeness (QED) is 0.777. The van der Waals surface area contributed by atoms with Gasteiger partial charge in [-0.25, -0.2) is 9.97 Å². The Bertz CT molecular complexity index is 961. The standard InChI is InChI=1S/C19H20N4O2/c1-3-11-21-18(24)14-9-7-13(8-10-14)16-19(25)23(4-2)17-15(22-16)6-5-12-20-17/h5-10,12H,3-4,11H2,1-2H3,(H,21,24). The molecule has 128 valence electrons. The SMILES string of the molecule is CCCNC(=O)c1ccc(-c2nc3cccnc3n(CC)c2=O)cc1. The van der Waals surface area contributed by atoms with Crippen molar-refractivity contribution in [2.45, 2.75) is 26.8 Å². The molecule has 0 unspecified atom stereocenters. The van der Waals surface area contributed by atoms with Crippen molar-refractivity contribution in [1.29, 1.82) is 0 Å². The van der Waals surface area contributed by atoms with Crippen LogP contribution in [0.1, 0.15) is 30.6 Å². The molecular formula is C19H20N4O2. The second-order valence-corrected chi connectivity index (χ2v) is 5.69. The van der Waals surface area contributed by atoms with Gasteiger partial charge >= 0.3 is 0 Å². The van der Waals surface area contributed by atoms with E-state index in [9.17, 15) is 9.59 Å². The number of amides is 1. The molecule has 0 atom stereocenters. The van der Waals surface area contributed by atoms with Gasteiger partial charge in [-0.05, 0) is 37.6 Å². The summed E-state index contributed by atoms with van der Waals surface area (Å²) in [6, 6.07) is 10.6. The molecule has 0 radical (unpaired) electrons. The van der Waals surface area contributed by atoms with E-state index in [2.05, 4.69) is 15.3 Å². The predicted molar refractivity (Wildman–Crippen MR) is 97.5 cm³/mol. The van der Waals surface area contributed by atoms with Gasteiger partial charge in [0.25, 0.3) is 11.5 Å². The van der Waals surface area contributed by atoms with E-state index in [0.29, 0.717) is 41.1 Å². The van der Waals surface area contributed by atoms with E-state index in [1.54, 1.807) is 41.1 Å². The van der Waals surface area contributed by atoms with E-state index in [-0.39, 0.29) is 11.5 Å². The number of fused-ring (bicyclic) bond motifs is 1. The molecule has 2 aromatic heterocycles. The van der Waals surface area contributed by atoms with Crippen molar-refractivity contribution in [2.75, 3.05) is 6.54 Å². The third kappa shape index (κ3) is 3.28. The highest BCUT2D eigenvalue weighted by Crippen LogP contribution is 2.17. The van der Waals surface area contributed by atoms with Gasteiger partial charge in [0, 0.05) is 30.4 Å². The van der Waals surface area contributed by atoms with Crippen molar-refractivity contribution in [2.24, 2.45) is 0 Å². The first kappa shape index (κ1) is 16.8. The topological polar surface area (TPSA) is 76.9 Å². The van der Waals surface area contributed by atoms with Gasteiger partial charge in [0.15, 0.2) is 5.65 Å². The Morgan fingerprint density at radius 2 is 1.92 bits per heavy atom. The third-order valence-electron chi connectivity index (χ3n) is 3.97. The maximum Gasteiger partial charge on any atom is 0.278 e. The zero-order valence-electron chi connectivity index (χ0n) is 14.3. The number of benzene rings is 1. The molecule has 1 aromatic carbocycles. The fraction of sp³-hybridized carbons (Fsp3) is 0.263. The summed E-state index contributed by atoms with van der Waals surface area (Å²) in [5.74, 6) is -0.116. The number of rotatable bonds is 5. The van der Waals surface area contributed by atoms with Gasteiger partial charge in [-0.1, -0.05) is 19.1 Å². The minimum absolute atomic E-state index is 0.116. The first-order valence-corrected chi connectivity index (χ1v) is 8.40. The first-order chi connectivity index (χ1) is 12.2. The van der Waals surface area contributed by atoms with Crippen LogP contribution in [0, 0.1) is 0 Å². The molecule has 0 saturated heterocycles. The van der Waals surface area contributed by atoms with E-state index in [1.165, 1.54) is 0 Å². The van der Waals surface area contributed by atoms with Crippen LogP contribution in [0.3, 0.4) is 0 Å². The molecule has 6 nitrogen and oxygen atoms in total. The highest BCUT2D eigenvalue weighted by molar-refractivity contribution is 5.94. The Morgan fingerprint density at radius 3 is 2.60 bits per heavy atom. The van der Waals surface area contributed by atoms with E-state index >= 15 is 0 Å². The lowest BCUT2D eigenvalue weighted by atomic mass is 10.1. The largest absolute Gasteiger partial charge is 0.352 e. The minimum atomic E-state index is -0.183. The Balaban J connectivity index is 2.03. The lowest BCUT2D eigenvalue weighted by molar-refractivity contribution is 0.0953. The molecule has 6 heteroatoms. The van der Waals surface area contributed by atoms with Gasteiger partial charge in [0.2, 0.25) is 0 Å². The van der Waals surface area contributed by atoms with Crippen LogP contribution in [0.15, 0.2) is 47.4 Å². The second-order valence-electron chi connectivity index (χ2n) is 5.69. The Hall–Kier alpha value is -3.02. The van der Waals surface area contributed by atoms with Crippen molar-refractivity contribution in [3.63, 3.8) is 0 Å². The molecule has 0 aliphatic heterocycles. The van der Waals surface area contributed by atoms with Gasteiger partial charge in [-0.3, -0.25) is 14.2 Å². The molecule has 1 amide bonds. The molecule has 0 aliphatic rings. The number of hydrogen-bond acceptors (Lipinski definition) is 4. The Labute approximate surface area is 145 Å². The van der Waals surface area contributed by atoms with Crippen molar-refractivity contribution in [1.82, 2.24) is 19.9 Å². The van der Waals surface area contributed by atoms with E-state index in [4.69, 9.17) is 0 Å². The highest BCUT2D eigenvalue weighted by Gasteiger charge is 2.13. The maximum atomic E-state index is 12.8. The molecule has 0 saturated carbocycles. The van der Waals surface area contributed by atoms with E-state index in [1.807, 2.05) is 19.9 Å². The van der Waals surface area contributed by atoms with Crippen molar-refractivity contribution >= 4 is 17.1 Å². The molecule has 2 heterocycles. The number of carbonyl (C=O) groups excluding carboxylic acids is 1. The summed E-state index contributed by atoms with van der Waals surface area (Å²) in [7, 11) is 0. The number of nitrogens with zero attached hydrogens (tertiary/aromatic N) is 3. The van der Waals surface area contributed by atoms with Crippen LogP contribution in [-0.4, -0.2) is 27.0 Å². The number of nitrogens with one attached hydrogen (secondary N) is 1. The molecule has 3 aromatic rings. The Morgan fingerprint density at radius 1 is 1.16 bits per heavy atom. The summed E-state index contributed by atoms with van der Waals surface area (Å²) in [6.07, 6.45) is 2.54. The van der Waals surface area contributed by atoms with Crippen LogP contribution in [0.2, 0.25) is 0 Å². The lowest BCUT2D eigenvalue weighted by Crippen LogP contribution is -2.24. The summed E-state index contributed by atoms with van der Waals surface area (Å²) in [5, 5.41) is 2.83. The number of pyridine rings is 1. The van der Waals surface area contributed by atoms with Crippen molar-refractivity contribution in [3.8, 4) is 11.3 Å². The summed E-state index contributed by atoms with van der Waals surface area (Å²) >= 11 is 0. The average Bonchev–Trinajstić information content (AvgIpc) is 2.66. The smallest absolute Gasteiger partial charge is 0.278 e. The highest BCUT2D eigenvalue weighted by atomic mass is 16.1. The van der Waals surface area contributed by atoms with Crippen LogP contribution in [0.25, 0.3) is 22.4 Å². The van der Waals surface area contributed by atoms with E-state index < -0.39 is 0 Å². The zero-order chi connectivity index (χ0) is 17.8. The van der Waals surface area contributed by atoms with Gasteiger partial charge in [-0.2, -0.15) is 0 Å². The fourth-order valence-corrected chi connectivity index (χ4v) is 2.68. The zero-order valence-corrected chi connectivity index (χ0v) is 14.3. The minimum Gasteiger partial charge on any atom is -0.352 e. The lowest BCUT2D eigenvalue weighted by Gasteiger charge is -2.10. The molecule has 0 aliphatic carbocycles. The van der Waals surface area contributed by atoms with Gasteiger partial charge in [0.05, 0.1) is 0 Å². The van der Waals surface area contributed by atoms with Gasteiger partial charge < -0.3 is 5.32 Å². The van der Waals surface area contributed by atoms with Crippen molar-refractivity contribution < 1.29 is 4.79 Å². The molecule has 25 heavy (non-hydrogen) atoms.